The standard InChI is InChI=1S/C7H6N2O/c1-3-7-8-4-6(5-10)9(7)2/h1,4-5H,2H3. The number of carbonyl (C=O) groups is 1. The van der Waals surface area contributed by atoms with Gasteiger partial charge in [0.15, 0.2) is 12.1 Å². The molecule has 0 bridgehead atoms. The largest absolute Gasteiger partial charge is 0.318 e. The normalized spacial score (nSPS) is 8.80. The van der Waals surface area contributed by atoms with E-state index in [1.54, 1.807) is 11.6 Å². The Morgan fingerprint density at radius 3 is 2.90 bits per heavy atom. The molecule has 3 heteroatoms. The number of rotatable bonds is 1. The van der Waals surface area contributed by atoms with Crippen LogP contribution < -0.4 is 0 Å². The minimum Gasteiger partial charge on any atom is -0.318 e. The van der Waals surface area contributed by atoms with E-state index in [0.29, 0.717) is 17.8 Å². The maximum atomic E-state index is 10.2. The van der Waals surface area contributed by atoms with Crippen LogP contribution in [0.2, 0.25) is 0 Å². The lowest BCUT2D eigenvalue weighted by Gasteiger charge is -1.92. The molecule has 1 aromatic heterocycles. The summed E-state index contributed by atoms with van der Waals surface area (Å²) in [6.07, 6.45) is 7.23. The van der Waals surface area contributed by atoms with E-state index in [2.05, 4.69) is 10.9 Å². The zero-order chi connectivity index (χ0) is 7.56. The number of hydrogen-bond acceptors (Lipinski definition) is 2. The Morgan fingerprint density at radius 2 is 2.60 bits per heavy atom. The lowest BCUT2D eigenvalue weighted by atomic mass is 10.5. The summed E-state index contributed by atoms with van der Waals surface area (Å²) in [6, 6.07) is 0. The second-order valence-electron chi connectivity index (χ2n) is 1.83. The lowest BCUT2D eigenvalue weighted by molar-refractivity contribution is 0.111. The van der Waals surface area contributed by atoms with Crippen molar-refractivity contribution in [2.75, 3.05) is 0 Å². The van der Waals surface area contributed by atoms with Crippen LogP contribution in [-0.2, 0) is 7.05 Å². The summed E-state index contributed by atoms with van der Waals surface area (Å²) in [4.78, 5) is 14.0. The molecule has 0 aliphatic carbocycles. The van der Waals surface area contributed by atoms with Gasteiger partial charge in [0.05, 0.1) is 6.20 Å². The molecule has 0 atom stereocenters. The molecular formula is C7H6N2O. The van der Waals surface area contributed by atoms with Crippen molar-refractivity contribution >= 4 is 6.29 Å². The highest BCUT2D eigenvalue weighted by Gasteiger charge is 2.00. The average Bonchev–Trinajstić information content (AvgIpc) is 2.30. The van der Waals surface area contributed by atoms with Gasteiger partial charge < -0.3 is 4.57 Å². The topological polar surface area (TPSA) is 34.9 Å². The molecule has 0 saturated carbocycles. The van der Waals surface area contributed by atoms with Crippen molar-refractivity contribution in [2.45, 2.75) is 0 Å². The zero-order valence-electron chi connectivity index (χ0n) is 5.53. The maximum absolute atomic E-state index is 10.2. The van der Waals surface area contributed by atoms with Gasteiger partial charge in [-0.25, -0.2) is 4.98 Å². The Hall–Kier alpha value is -1.56. The highest BCUT2D eigenvalue weighted by Crippen LogP contribution is 1.96. The van der Waals surface area contributed by atoms with Gasteiger partial charge in [0.2, 0.25) is 0 Å². The molecule has 0 aromatic carbocycles. The van der Waals surface area contributed by atoms with Crippen molar-refractivity contribution in [2.24, 2.45) is 7.05 Å². The molecule has 1 aromatic rings. The number of terminal acetylenes is 1. The molecule has 0 aliphatic heterocycles. The van der Waals surface area contributed by atoms with Gasteiger partial charge in [-0.15, -0.1) is 6.42 Å². The molecule has 10 heavy (non-hydrogen) atoms. The number of nitrogens with zero attached hydrogens (tertiary/aromatic N) is 2. The predicted octanol–water partition coefficient (Wildman–Crippen LogP) is 0.214. The first-order valence-corrected chi connectivity index (χ1v) is 2.73. The molecule has 0 spiro atoms. The van der Waals surface area contributed by atoms with Gasteiger partial charge in [-0.1, -0.05) is 0 Å². The summed E-state index contributed by atoms with van der Waals surface area (Å²) < 4.78 is 1.56. The van der Waals surface area contributed by atoms with Crippen LogP contribution in [0, 0.1) is 12.3 Å². The van der Waals surface area contributed by atoms with Crippen LogP contribution in [0.5, 0.6) is 0 Å². The number of hydrogen-bond donors (Lipinski definition) is 0. The van der Waals surface area contributed by atoms with Gasteiger partial charge in [0.25, 0.3) is 0 Å². The average molecular weight is 134 g/mol. The predicted molar refractivity (Wildman–Crippen MR) is 36.5 cm³/mol. The first kappa shape index (κ1) is 6.56. The van der Waals surface area contributed by atoms with Crippen LogP contribution in [0.4, 0.5) is 0 Å². The van der Waals surface area contributed by atoms with Crippen molar-refractivity contribution in [3.8, 4) is 12.3 Å². The Morgan fingerprint density at radius 1 is 1.90 bits per heavy atom. The second-order valence-corrected chi connectivity index (χ2v) is 1.83. The number of aromatic nitrogens is 2. The Kier molecular flexibility index (Phi) is 1.55. The van der Waals surface area contributed by atoms with E-state index in [4.69, 9.17) is 6.42 Å². The van der Waals surface area contributed by atoms with Crippen LogP contribution in [0.3, 0.4) is 0 Å². The molecule has 0 fully saturated rings. The minimum absolute atomic E-state index is 0.474. The number of carbonyl (C=O) groups excluding carboxylic acids is 1. The van der Waals surface area contributed by atoms with E-state index in [1.807, 2.05) is 0 Å². The Bertz CT molecular complexity index is 293. The van der Waals surface area contributed by atoms with Gasteiger partial charge in [0, 0.05) is 7.05 Å². The van der Waals surface area contributed by atoms with Crippen molar-refractivity contribution < 1.29 is 4.79 Å². The SMILES string of the molecule is C#Cc1ncc(C=O)n1C. The zero-order valence-corrected chi connectivity index (χ0v) is 5.53. The number of aldehydes is 1. The number of imidazole rings is 1. The molecule has 0 unspecified atom stereocenters. The van der Waals surface area contributed by atoms with Gasteiger partial charge in [-0.05, 0) is 5.92 Å². The lowest BCUT2D eigenvalue weighted by Crippen LogP contribution is -1.96. The molecule has 3 nitrogen and oxygen atoms in total. The third kappa shape index (κ3) is 0.799. The first-order valence-electron chi connectivity index (χ1n) is 2.73. The smallest absolute Gasteiger partial charge is 0.185 e. The summed E-state index contributed by atoms with van der Waals surface area (Å²) in [6.45, 7) is 0. The van der Waals surface area contributed by atoms with Crippen molar-refractivity contribution in [1.29, 1.82) is 0 Å². The van der Waals surface area contributed by atoms with Crippen molar-refractivity contribution in [3.63, 3.8) is 0 Å². The summed E-state index contributed by atoms with van der Waals surface area (Å²) in [5.74, 6) is 2.82. The highest BCUT2D eigenvalue weighted by atomic mass is 16.1. The van der Waals surface area contributed by atoms with Crippen LogP contribution >= 0.6 is 0 Å². The molecule has 0 aliphatic rings. The van der Waals surface area contributed by atoms with Crippen LogP contribution in [-0.4, -0.2) is 15.8 Å². The third-order valence-corrected chi connectivity index (χ3v) is 1.27. The van der Waals surface area contributed by atoms with Crippen LogP contribution in [0.25, 0.3) is 0 Å². The van der Waals surface area contributed by atoms with E-state index in [9.17, 15) is 4.79 Å². The molecule has 1 rings (SSSR count). The van der Waals surface area contributed by atoms with Crippen molar-refractivity contribution in [3.05, 3.63) is 17.7 Å². The van der Waals surface area contributed by atoms with Gasteiger partial charge in [-0.2, -0.15) is 0 Å². The fourth-order valence-electron chi connectivity index (χ4n) is 0.666. The third-order valence-electron chi connectivity index (χ3n) is 1.27. The summed E-state index contributed by atoms with van der Waals surface area (Å²) in [7, 11) is 1.70. The van der Waals surface area contributed by atoms with Gasteiger partial charge in [0.1, 0.15) is 5.69 Å². The van der Waals surface area contributed by atoms with Crippen molar-refractivity contribution in [1.82, 2.24) is 9.55 Å². The molecular weight excluding hydrogens is 128 g/mol. The molecule has 0 radical (unpaired) electrons. The second kappa shape index (κ2) is 2.36. The maximum Gasteiger partial charge on any atom is 0.185 e. The monoisotopic (exact) mass is 134 g/mol. The van der Waals surface area contributed by atoms with E-state index < -0.39 is 0 Å². The first-order chi connectivity index (χ1) is 4.79. The fourth-order valence-corrected chi connectivity index (χ4v) is 0.666. The van der Waals surface area contributed by atoms with Crippen LogP contribution in [0.1, 0.15) is 16.3 Å². The van der Waals surface area contributed by atoms with Gasteiger partial charge >= 0.3 is 0 Å². The van der Waals surface area contributed by atoms with Crippen LogP contribution in [0.15, 0.2) is 6.20 Å². The molecule has 0 N–H and O–H groups in total. The van der Waals surface area contributed by atoms with Gasteiger partial charge in [-0.3, -0.25) is 4.79 Å². The fraction of sp³-hybridized carbons (Fsp3) is 0.143. The Labute approximate surface area is 58.7 Å². The molecule has 0 saturated heterocycles. The molecule has 1 heterocycles. The van der Waals surface area contributed by atoms with E-state index >= 15 is 0 Å². The summed E-state index contributed by atoms with van der Waals surface area (Å²) >= 11 is 0. The van der Waals surface area contributed by atoms with E-state index in [-0.39, 0.29) is 0 Å². The molecule has 0 amide bonds. The summed E-state index contributed by atoms with van der Waals surface area (Å²) in [5.41, 5.74) is 0.493. The minimum atomic E-state index is 0.474. The quantitative estimate of drug-likeness (QED) is 0.406. The Balaban J connectivity index is 3.24. The highest BCUT2D eigenvalue weighted by molar-refractivity contribution is 5.72. The molecule has 50 valence electrons. The van der Waals surface area contributed by atoms with E-state index in [1.165, 1.54) is 6.20 Å². The summed E-state index contributed by atoms with van der Waals surface area (Å²) in [5, 5.41) is 0. The van der Waals surface area contributed by atoms with E-state index in [0.717, 1.165) is 0 Å².